The van der Waals surface area contributed by atoms with Gasteiger partial charge in [0.2, 0.25) is 11.9 Å². The van der Waals surface area contributed by atoms with Crippen LogP contribution in [0.4, 0.5) is 11.6 Å². The quantitative estimate of drug-likeness (QED) is 0.647. The topological polar surface area (TPSA) is 71.3 Å². The Bertz CT molecular complexity index is 960. The van der Waals surface area contributed by atoms with Crippen LogP contribution in [0, 0.1) is 5.92 Å². The molecule has 2 aliphatic rings. The molecule has 2 heterocycles. The third kappa shape index (κ3) is 3.26. The fourth-order valence-electron chi connectivity index (χ4n) is 2.78. The second-order valence-electron chi connectivity index (χ2n) is 6.88. The first kappa shape index (κ1) is 15.7. The van der Waals surface area contributed by atoms with Gasteiger partial charge in [-0.1, -0.05) is 18.2 Å². The van der Waals surface area contributed by atoms with Crippen molar-refractivity contribution in [2.75, 3.05) is 10.0 Å². The van der Waals surface area contributed by atoms with E-state index in [1.54, 1.807) is 16.5 Å². The van der Waals surface area contributed by atoms with Crippen molar-refractivity contribution in [3.05, 3.63) is 42.5 Å². The van der Waals surface area contributed by atoms with Gasteiger partial charge in [-0.2, -0.15) is 4.98 Å². The lowest BCUT2D eigenvalue weighted by Crippen LogP contribution is -2.14. The number of hydrogen-bond donors (Lipinski definition) is 2. The smallest absolute Gasteiger partial charge is 0.249 e. The molecule has 2 aromatic heterocycles. The molecule has 1 aromatic carbocycles. The minimum absolute atomic E-state index is 0.0195. The average Bonchev–Trinajstić information content (AvgIpc) is 3.57. The maximum atomic E-state index is 11.9. The van der Waals surface area contributed by atoms with Crippen molar-refractivity contribution < 1.29 is 4.79 Å². The molecule has 2 N–H and O–H groups in total. The standard InChI is InChI=1S/C19H19N5OS/c25-18(13-4-5-13)21-19-20-17-3-1-2-16(24(17)22-19)12-6-8-14(9-7-12)23-26-15-10-11-15/h1-3,6-9,13,15,23H,4-5,10-11H2,(H,21,22,25). The number of nitrogens with zero attached hydrogens (tertiary/aromatic N) is 3. The summed E-state index contributed by atoms with van der Waals surface area (Å²) < 4.78 is 5.18. The number of rotatable bonds is 6. The van der Waals surface area contributed by atoms with E-state index in [0.29, 0.717) is 5.95 Å². The van der Waals surface area contributed by atoms with E-state index in [1.807, 2.05) is 18.2 Å². The molecule has 2 saturated carbocycles. The molecule has 0 radical (unpaired) electrons. The zero-order chi connectivity index (χ0) is 17.5. The second kappa shape index (κ2) is 6.32. The highest BCUT2D eigenvalue weighted by Gasteiger charge is 2.30. The lowest BCUT2D eigenvalue weighted by Gasteiger charge is -2.07. The lowest BCUT2D eigenvalue weighted by molar-refractivity contribution is -0.117. The molecule has 6 nitrogen and oxygen atoms in total. The molecule has 0 unspecified atom stereocenters. The summed E-state index contributed by atoms with van der Waals surface area (Å²) in [4.78, 5) is 16.4. The average molecular weight is 365 g/mol. The summed E-state index contributed by atoms with van der Waals surface area (Å²) in [6, 6.07) is 14.2. The van der Waals surface area contributed by atoms with Gasteiger partial charge in [0.15, 0.2) is 5.65 Å². The third-order valence-electron chi connectivity index (χ3n) is 4.59. The Labute approximate surface area is 155 Å². The van der Waals surface area contributed by atoms with Gasteiger partial charge in [-0.05, 0) is 61.9 Å². The summed E-state index contributed by atoms with van der Waals surface area (Å²) in [5, 5.41) is 8.07. The molecule has 2 aliphatic carbocycles. The summed E-state index contributed by atoms with van der Waals surface area (Å²) in [6.45, 7) is 0. The SMILES string of the molecule is O=C(Nc1nc2cccc(-c3ccc(NSC4CC4)cc3)n2n1)C1CC1. The van der Waals surface area contributed by atoms with Crippen LogP contribution in [0.3, 0.4) is 0 Å². The molecular weight excluding hydrogens is 346 g/mol. The molecule has 1 amide bonds. The Balaban J connectivity index is 1.40. The van der Waals surface area contributed by atoms with Crippen molar-refractivity contribution in [2.45, 2.75) is 30.9 Å². The van der Waals surface area contributed by atoms with Gasteiger partial charge in [0, 0.05) is 22.4 Å². The van der Waals surface area contributed by atoms with Crippen molar-refractivity contribution in [3.8, 4) is 11.3 Å². The van der Waals surface area contributed by atoms with Gasteiger partial charge in [0.05, 0.1) is 5.69 Å². The highest BCUT2D eigenvalue weighted by Crippen LogP contribution is 2.34. The van der Waals surface area contributed by atoms with Crippen molar-refractivity contribution in [2.24, 2.45) is 5.92 Å². The van der Waals surface area contributed by atoms with Crippen LogP contribution in [0.5, 0.6) is 0 Å². The molecule has 0 saturated heterocycles. The first-order chi connectivity index (χ1) is 12.8. The third-order valence-corrected chi connectivity index (χ3v) is 5.75. The zero-order valence-corrected chi connectivity index (χ0v) is 15.0. The van der Waals surface area contributed by atoms with E-state index in [9.17, 15) is 4.79 Å². The normalized spacial score (nSPS) is 16.6. The van der Waals surface area contributed by atoms with Crippen molar-refractivity contribution in [3.63, 3.8) is 0 Å². The molecule has 132 valence electrons. The first-order valence-corrected chi connectivity index (χ1v) is 9.83. The number of carbonyl (C=O) groups is 1. The van der Waals surface area contributed by atoms with E-state index in [4.69, 9.17) is 0 Å². The van der Waals surface area contributed by atoms with Crippen LogP contribution in [0.1, 0.15) is 25.7 Å². The van der Waals surface area contributed by atoms with Gasteiger partial charge < -0.3 is 4.72 Å². The number of amides is 1. The molecular formula is C19H19N5OS. The number of benzene rings is 1. The van der Waals surface area contributed by atoms with E-state index in [2.05, 4.69) is 44.4 Å². The highest BCUT2D eigenvalue weighted by molar-refractivity contribution is 8.01. The molecule has 3 aromatic rings. The second-order valence-corrected chi connectivity index (χ2v) is 7.98. The lowest BCUT2D eigenvalue weighted by atomic mass is 10.1. The predicted molar refractivity (Wildman–Crippen MR) is 104 cm³/mol. The fraction of sp³-hybridized carbons (Fsp3) is 0.316. The van der Waals surface area contributed by atoms with E-state index in [0.717, 1.165) is 40.7 Å². The van der Waals surface area contributed by atoms with Crippen LogP contribution in [-0.2, 0) is 4.79 Å². The van der Waals surface area contributed by atoms with E-state index in [-0.39, 0.29) is 11.8 Å². The van der Waals surface area contributed by atoms with Crippen LogP contribution in [0.25, 0.3) is 16.9 Å². The van der Waals surface area contributed by atoms with Crippen LogP contribution in [-0.4, -0.2) is 25.8 Å². The minimum atomic E-state index is 0.0195. The highest BCUT2D eigenvalue weighted by atomic mass is 32.2. The predicted octanol–water partition coefficient (Wildman–Crippen LogP) is 3.97. The van der Waals surface area contributed by atoms with Crippen LogP contribution < -0.4 is 10.0 Å². The first-order valence-electron chi connectivity index (χ1n) is 8.95. The summed E-state index contributed by atoms with van der Waals surface area (Å²) >= 11 is 1.80. The molecule has 7 heteroatoms. The summed E-state index contributed by atoms with van der Waals surface area (Å²) in [6.07, 6.45) is 4.54. The van der Waals surface area contributed by atoms with Crippen LogP contribution in [0.15, 0.2) is 42.5 Å². The summed E-state index contributed by atoms with van der Waals surface area (Å²) in [5.41, 5.74) is 3.83. The molecule has 26 heavy (non-hydrogen) atoms. The fourth-order valence-corrected chi connectivity index (χ4v) is 3.59. The van der Waals surface area contributed by atoms with Gasteiger partial charge in [-0.3, -0.25) is 10.1 Å². The van der Waals surface area contributed by atoms with Crippen molar-refractivity contribution in [1.82, 2.24) is 14.6 Å². The van der Waals surface area contributed by atoms with Crippen molar-refractivity contribution >= 4 is 35.1 Å². The van der Waals surface area contributed by atoms with Gasteiger partial charge in [-0.15, -0.1) is 5.10 Å². The molecule has 0 spiro atoms. The summed E-state index contributed by atoms with van der Waals surface area (Å²) in [5.74, 6) is 0.522. The Kier molecular flexibility index (Phi) is 3.81. The number of aromatic nitrogens is 3. The maximum Gasteiger partial charge on any atom is 0.249 e. The van der Waals surface area contributed by atoms with Crippen LogP contribution in [0.2, 0.25) is 0 Å². The number of carbonyl (C=O) groups excluding carboxylic acids is 1. The molecule has 5 rings (SSSR count). The summed E-state index contributed by atoms with van der Waals surface area (Å²) in [7, 11) is 0. The molecule has 2 fully saturated rings. The number of fused-ring (bicyclic) bond motifs is 1. The Hall–Kier alpha value is -2.54. The monoisotopic (exact) mass is 365 g/mol. The van der Waals surface area contributed by atoms with Gasteiger partial charge >= 0.3 is 0 Å². The number of anilines is 2. The van der Waals surface area contributed by atoms with Crippen molar-refractivity contribution in [1.29, 1.82) is 0 Å². The van der Waals surface area contributed by atoms with Gasteiger partial charge in [0.25, 0.3) is 0 Å². The van der Waals surface area contributed by atoms with Gasteiger partial charge in [-0.25, -0.2) is 4.52 Å². The van der Waals surface area contributed by atoms with Gasteiger partial charge in [0.1, 0.15) is 0 Å². The van der Waals surface area contributed by atoms with E-state index < -0.39 is 0 Å². The Morgan fingerprint density at radius 3 is 2.62 bits per heavy atom. The molecule has 0 aliphatic heterocycles. The number of nitrogens with one attached hydrogen (secondary N) is 2. The molecule has 0 bridgehead atoms. The Morgan fingerprint density at radius 2 is 1.88 bits per heavy atom. The number of hydrogen-bond acceptors (Lipinski definition) is 5. The number of pyridine rings is 1. The maximum absolute atomic E-state index is 11.9. The van der Waals surface area contributed by atoms with E-state index >= 15 is 0 Å². The Morgan fingerprint density at radius 1 is 1.08 bits per heavy atom. The zero-order valence-electron chi connectivity index (χ0n) is 14.2. The van der Waals surface area contributed by atoms with E-state index in [1.165, 1.54) is 12.8 Å². The molecule has 0 atom stereocenters. The minimum Gasteiger partial charge on any atom is -0.330 e. The van der Waals surface area contributed by atoms with Crippen LogP contribution >= 0.6 is 11.9 Å². The largest absolute Gasteiger partial charge is 0.330 e.